The van der Waals surface area contributed by atoms with E-state index in [1.165, 1.54) is 18.2 Å². The van der Waals surface area contributed by atoms with Gasteiger partial charge in [-0.25, -0.2) is 12.7 Å². The number of amides is 2. The molecule has 28 heavy (non-hydrogen) atoms. The summed E-state index contributed by atoms with van der Waals surface area (Å²) in [6.07, 6.45) is 0. The quantitative estimate of drug-likeness (QED) is 0.698. The Balaban J connectivity index is 1.56. The van der Waals surface area contributed by atoms with E-state index in [0.717, 1.165) is 16.9 Å². The Kier molecular flexibility index (Phi) is 4.31. The van der Waals surface area contributed by atoms with Crippen LogP contribution in [-0.4, -0.2) is 35.6 Å². The van der Waals surface area contributed by atoms with E-state index in [-0.39, 0.29) is 15.3 Å². The first-order valence-corrected chi connectivity index (χ1v) is 10.7. The van der Waals surface area contributed by atoms with E-state index in [1.54, 1.807) is 28.8 Å². The highest BCUT2D eigenvalue weighted by atomic mass is 32.2. The maximum absolute atomic E-state index is 12.5. The van der Waals surface area contributed by atoms with Crippen molar-refractivity contribution in [2.24, 2.45) is 0 Å². The number of thiazole rings is 1. The Labute approximate surface area is 164 Å². The molecule has 144 valence electrons. The molecule has 0 saturated heterocycles. The molecule has 2 heterocycles. The third-order valence-electron chi connectivity index (χ3n) is 4.47. The van der Waals surface area contributed by atoms with Crippen molar-refractivity contribution in [3.63, 3.8) is 0 Å². The van der Waals surface area contributed by atoms with Crippen molar-refractivity contribution in [3.8, 4) is 0 Å². The Bertz CT molecular complexity index is 1290. The minimum Gasteiger partial charge on any atom is -0.324 e. The van der Waals surface area contributed by atoms with Crippen LogP contribution in [0.15, 0.2) is 52.2 Å². The Morgan fingerprint density at radius 1 is 1.14 bits per heavy atom. The van der Waals surface area contributed by atoms with Gasteiger partial charge in [0.05, 0.1) is 15.8 Å². The predicted molar refractivity (Wildman–Crippen MR) is 105 cm³/mol. The smallest absolute Gasteiger partial charge is 0.308 e. The van der Waals surface area contributed by atoms with Gasteiger partial charge in [0.25, 0.3) is 15.9 Å². The number of carbonyl (C=O) groups is 2. The summed E-state index contributed by atoms with van der Waals surface area (Å²) in [6.45, 7) is 1.79. The van der Waals surface area contributed by atoms with Crippen LogP contribution in [0.2, 0.25) is 0 Å². The number of sulfonamides is 1. The van der Waals surface area contributed by atoms with Gasteiger partial charge in [0, 0.05) is 12.2 Å². The minimum absolute atomic E-state index is 0.0578. The van der Waals surface area contributed by atoms with Gasteiger partial charge in [0.1, 0.15) is 11.4 Å². The van der Waals surface area contributed by atoms with Crippen LogP contribution in [0.25, 0.3) is 10.2 Å². The zero-order chi connectivity index (χ0) is 20.1. The lowest BCUT2D eigenvalue weighted by Crippen LogP contribution is -2.37. The number of aryl methyl sites for hydroxylation is 1. The van der Waals surface area contributed by atoms with E-state index >= 15 is 0 Å². The first-order valence-electron chi connectivity index (χ1n) is 8.42. The summed E-state index contributed by atoms with van der Waals surface area (Å²) in [6, 6.07) is 10.9. The number of hydrogen-bond donors (Lipinski definition) is 1. The van der Waals surface area contributed by atoms with Crippen LogP contribution in [0, 0.1) is 0 Å². The fraction of sp³-hybridized carbons (Fsp3) is 0.167. The molecule has 8 nitrogen and oxygen atoms in total. The van der Waals surface area contributed by atoms with E-state index in [1.807, 2.05) is 6.92 Å². The van der Waals surface area contributed by atoms with E-state index in [9.17, 15) is 22.8 Å². The SMILES string of the molecule is CCn1c(=O)sc2cc(NC(=O)CN3C(=O)c4ccccc4S3(=O)=O)ccc21. The molecular weight excluding hydrogens is 402 g/mol. The van der Waals surface area contributed by atoms with Crippen molar-refractivity contribution in [1.29, 1.82) is 0 Å². The van der Waals surface area contributed by atoms with Gasteiger partial charge in [-0.2, -0.15) is 0 Å². The number of rotatable bonds is 4. The standard InChI is InChI=1S/C18H15N3O5S2/c1-2-20-13-8-7-11(9-14(13)27-18(20)24)19-16(22)10-21-17(23)12-5-3-4-6-15(12)28(21,25)26/h3-9H,2,10H2,1H3,(H,19,22). The molecule has 0 fully saturated rings. The second-order valence-electron chi connectivity index (χ2n) is 6.16. The van der Waals surface area contributed by atoms with E-state index in [4.69, 9.17) is 0 Å². The topological polar surface area (TPSA) is 106 Å². The highest BCUT2D eigenvalue weighted by Crippen LogP contribution is 2.29. The monoisotopic (exact) mass is 417 g/mol. The highest BCUT2D eigenvalue weighted by molar-refractivity contribution is 7.90. The molecule has 1 aliphatic heterocycles. The minimum atomic E-state index is -4.04. The van der Waals surface area contributed by atoms with Crippen molar-refractivity contribution in [2.75, 3.05) is 11.9 Å². The molecule has 0 radical (unpaired) electrons. The average molecular weight is 417 g/mol. The first-order chi connectivity index (χ1) is 13.3. The van der Waals surface area contributed by atoms with Gasteiger partial charge < -0.3 is 5.32 Å². The zero-order valence-electron chi connectivity index (χ0n) is 14.7. The van der Waals surface area contributed by atoms with E-state index in [2.05, 4.69) is 5.32 Å². The summed E-state index contributed by atoms with van der Waals surface area (Å²) in [7, 11) is -4.04. The van der Waals surface area contributed by atoms with Crippen LogP contribution in [-0.2, 0) is 21.4 Å². The molecule has 2 aromatic carbocycles. The number of anilines is 1. The van der Waals surface area contributed by atoms with Crippen LogP contribution < -0.4 is 10.2 Å². The Morgan fingerprint density at radius 3 is 2.61 bits per heavy atom. The largest absolute Gasteiger partial charge is 0.324 e. The second-order valence-corrected chi connectivity index (χ2v) is 8.98. The molecule has 10 heteroatoms. The maximum atomic E-state index is 12.5. The van der Waals surface area contributed by atoms with E-state index < -0.39 is 28.4 Å². The molecule has 2 amide bonds. The molecule has 0 bridgehead atoms. The lowest BCUT2D eigenvalue weighted by atomic mass is 10.2. The number of carbonyl (C=O) groups excluding carboxylic acids is 2. The molecule has 1 N–H and O–H groups in total. The summed E-state index contributed by atoms with van der Waals surface area (Å²) in [5, 5.41) is 2.59. The van der Waals surface area contributed by atoms with Crippen molar-refractivity contribution >= 4 is 49.1 Å². The third-order valence-corrected chi connectivity index (χ3v) is 7.20. The fourth-order valence-corrected chi connectivity index (χ4v) is 5.68. The third kappa shape index (κ3) is 2.81. The number of nitrogens with one attached hydrogen (secondary N) is 1. The molecule has 4 rings (SSSR count). The van der Waals surface area contributed by atoms with Crippen molar-refractivity contribution in [2.45, 2.75) is 18.4 Å². The number of benzene rings is 2. The number of aromatic nitrogens is 1. The Hall–Kier alpha value is -2.98. The van der Waals surface area contributed by atoms with Gasteiger partial charge in [-0.1, -0.05) is 23.5 Å². The lowest BCUT2D eigenvalue weighted by Gasteiger charge is -2.14. The van der Waals surface area contributed by atoms with Crippen LogP contribution in [0.3, 0.4) is 0 Å². The van der Waals surface area contributed by atoms with Crippen LogP contribution in [0.1, 0.15) is 17.3 Å². The fourth-order valence-electron chi connectivity index (χ4n) is 3.16. The van der Waals surface area contributed by atoms with Crippen LogP contribution in [0.4, 0.5) is 5.69 Å². The van der Waals surface area contributed by atoms with Gasteiger partial charge >= 0.3 is 4.87 Å². The summed E-state index contributed by atoms with van der Waals surface area (Å²) in [5.74, 6) is -1.37. The average Bonchev–Trinajstić information content (AvgIpc) is 3.07. The first kappa shape index (κ1) is 18.4. The highest BCUT2D eigenvalue weighted by Gasteiger charge is 2.41. The van der Waals surface area contributed by atoms with Gasteiger partial charge in [0.2, 0.25) is 5.91 Å². The molecule has 0 aliphatic carbocycles. The van der Waals surface area contributed by atoms with Crippen LogP contribution in [0.5, 0.6) is 0 Å². The van der Waals surface area contributed by atoms with Crippen molar-refractivity contribution < 1.29 is 18.0 Å². The molecule has 0 atom stereocenters. The summed E-state index contributed by atoms with van der Waals surface area (Å²) < 4.78 is 27.9. The van der Waals surface area contributed by atoms with Crippen molar-refractivity contribution in [1.82, 2.24) is 8.87 Å². The molecular formula is C18H15N3O5S2. The van der Waals surface area contributed by atoms with Crippen LogP contribution >= 0.6 is 11.3 Å². The zero-order valence-corrected chi connectivity index (χ0v) is 16.3. The lowest BCUT2D eigenvalue weighted by molar-refractivity contribution is -0.116. The van der Waals surface area contributed by atoms with E-state index in [0.29, 0.717) is 21.2 Å². The molecule has 3 aromatic rings. The molecule has 0 unspecified atom stereocenters. The number of nitrogens with zero attached hydrogens (tertiary/aromatic N) is 2. The van der Waals surface area contributed by atoms with Gasteiger partial charge in [-0.3, -0.25) is 19.0 Å². The Morgan fingerprint density at radius 2 is 1.89 bits per heavy atom. The summed E-state index contributed by atoms with van der Waals surface area (Å²) in [4.78, 5) is 36.5. The summed E-state index contributed by atoms with van der Waals surface area (Å²) in [5.41, 5.74) is 1.24. The molecule has 0 saturated carbocycles. The molecule has 0 spiro atoms. The maximum Gasteiger partial charge on any atom is 0.308 e. The predicted octanol–water partition coefficient (Wildman–Crippen LogP) is 1.87. The van der Waals surface area contributed by atoms with Gasteiger partial charge in [-0.15, -0.1) is 0 Å². The number of hydrogen-bond acceptors (Lipinski definition) is 6. The normalized spacial score (nSPS) is 15.0. The van der Waals surface area contributed by atoms with Gasteiger partial charge in [-0.05, 0) is 37.3 Å². The second kappa shape index (κ2) is 6.57. The van der Waals surface area contributed by atoms with Crippen molar-refractivity contribution in [3.05, 3.63) is 57.7 Å². The molecule has 1 aromatic heterocycles. The number of fused-ring (bicyclic) bond motifs is 2. The molecule has 1 aliphatic rings. The van der Waals surface area contributed by atoms with Gasteiger partial charge in [0.15, 0.2) is 0 Å². The summed E-state index contributed by atoms with van der Waals surface area (Å²) >= 11 is 1.06.